The van der Waals surface area contributed by atoms with Gasteiger partial charge in [-0.05, 0) is 122 Å². The van der Waals surface area contributed by atoms with Crippen molar-refractivity contribution < 1.29 is 53.4 Å². The molecule has 0 radical (unpaired) electrons. The molecule has 1 aromatic heterocycles. The zero-order valence-corrected chi connectivity index (χ0v) is 44.9. The van der Waals surface area contributed by atoms with Crippen LogP contribution in [0.4, 0.5) is 0 Å². The van der Waals surface area contributed by atoms with E-state index in [1.165, 1.54) is 13.8 Å². The molecule has 0 saturated carbocycles. The van der Waals surface area contributed by atoms with E-state index in [1.807, 2.05) is 6.92 Å². The number of aliphatic hydroxyl groups excluding tert-OH is 1. The van der Waals surface area contributed by atoms with Crippen molar-refractivity contribution in [3.63, 3.8) is 0 Å². The molecule has 27 heteroatoms. The predicted molar refractivity (Wildman–Crippen MR) is 290 cm³/mol. The summed E-state index contributed by atoms with van der Waals surface area (Å²) in [5, 5.41) is 41.8. The summed E-state index contributed by atoms with van der Waals surface area (Å²) >= 11 is 0. The fourth-order valence-electron chi connectivity index (χ4n) is 7.98. The third kappa shape index (κ3) is 23.5. The Bertz CT molecular complexity index is 2260. The largest absolute Gasteiger partial charge is 0.480 e. The summed E-state index contributed by atoms with van der Waals surface area (Å²) in [5.41, 5.74) is 35.0. The van der Waals surface area contributed by atoms with Gasteiger partial charge in [0.25, 0.3) is 0 Å². The number of guanidine groups is 1. The quantitative estimate of drug-likeness (QED) is 0.0176. The van der Waals surface area contributed by atoms with Gasteiger partial charge in [0.05, 0.1) is 12.6 Å². The number of nitrogens with zero attached hydrogens (tertiary/aromatic N) is 1. The summed E-state index contributed by atoms with van der Waals surface area (Å²) < 4.78 is 0. The first-order valence-electron chi connectivity index (χ1n) is 26.3. The molecule has 0 unspecified atom stereocenters. The van der Waals surface area contributed by atoms with Crippen LogP contribution in [0.3, 0.4) is 0 Å². The Morgan fingerprint density at radius 1 is 0.571 bits per heavy atom. The number of hydrogen-bond donors (Lipinski definition) is 17. The topological polar surface area (TPSA) is 475 Å². The lowest BCUT2D eigenvalue weighted by atomic mass is 9.97. The number of aliphatic hydroxyl groups is 1. The summed E-state index contributed by atoms with van der Waals surface area (Å²) in [6.45, 7) is 6.37. The number of amides is 8. The minimum absolute atomic E-state index is 0.0233. The number of aliphatic imine (C=N–C) groups is 1. The number of para-hydroxylation sites is 1. The second kappa shape index (κ2) is 35.4. The minimum atomic E-state index is -1.66. The number of carbonyl (C=O) groups is 9. The van der Waals surface area contributed by atoms with Crippen LogP contribution in [0, 0.1) is 5.92 Å². The molecule has 0 spiro atoms. The number of aromatic nitrogens is 1. The van der Waals surface area contributed by atoms with Gasteiger partial charge in [-0.15, -0.1) is 0 Å². The van der Waals surface area contributed by atoms with E-state index in [4.69, 9.17) is 34.4 Å². The van der Waals surface area contributed by atoms with Crippen molar-refractivity contribution in [1.29, 1.82) is 0 Å². The van der Waals surface area contributed by atoms with Gasteiger partial charge in [0, 0.05) is 30.1 Å². The van der Waals surface area contributed by atoms with Crippen LogP contribution in [0.1, 0.15) is 110 Å². The van der Waals surface area contributed by atoms with Crippen LogP contribution in [0.2, 0.25) is 0 Å². The summed E-state index contributed by atoms with van der Waals surface area (Å²) in [6, 6.07) is -4.39. The molecule has 432 valence electrons. The Hall–Kier alpha value is -6.94. The van der Waals surface area contributed by atoms with Gasteiger partial charge in [-0.1, -0.05) is 38.5 Å². The Labute approximate surface area is 449 Å². The third-order valence-electron chi connectivity index (χ3n) is 12.8. The van der Waals surface area contributed by atoms with Crippen LogP contribution in [-0.2, 0) is 49.6 Å². The fourth-order valence-corrected chi connectivity index (χ4v) is 7.98. The average molecular weight is 1090 g/mol. The van der Waals surface area contributed by atoms with E-state index in [0.717, 1.165) is 0 Å². The molecule has 0 fully saturated rings. The molecule has 0 aliphatic rings. The maximum Gasteiger partial charge on any atom is 0.326 e. The SMILES string of the molecule is CC[C@H](C)[C@H](NC(=O)[C@H](C)N)C(=O)N[C@@H](CCCCN)C(=O)N[C@@H](CO)C(=O)N[C@@H](Cc1c[nH]c2ccccc12)C(=O)N[C@@H](C)C(=O)N[C@@H](CCCCN)C(=O)N[C@@H](CCCN=C(N)N)C(=O)N[C@@H](CCCCN)C(=O)O. The molecular formula is C50H86N16O11. The van der Waals surface area contributed by atoms with Crippen LogP contribution in [0.5, 0.6) is 0 Å². The second-order valence-electron chi connectivity index (χ2n) is 19.1. The Morgan fingerprint density at radius 2 is 1.03 bits per heavy atom. The van der Waals surface area contributed by atoms with Crippen LogP contribution in [0.25, 0.3) is 10.9 Å². The summed E-state index contributed by atoms with van der Waals surface area (Å²) in [4.78, 5) is 129. The standard InChI is InChI=1S/C50H86N16O11/c1-5-28(2)40(66-41(68)29(3)54)48(75)62-35(18-9-12-22-52)45(72)65-39(27-67)47(74)64-38(25-31-26-58-33-16-7-6-15-32(31)33)46(73)59-30(4)42(69)60-34(17-8-11-21-51)43(70)61-36(20-14-24-57-50(55)56)44(71)63-37(49(76)77)19-10-13-23-53/h6-7,15-16,26,28-30,34-40,58,67H,5,8-14,17-25,27,51-54H2,1-4H3,(H,59,73)(H,60,69)(H,61,70)(H,62,75)(H,63,71)(H,64,74)(H,65,72)(H,66,68)(H,76,77)(H4,55,56,57)/t28-,29-,30-,34-,35-,36-,37-,38-,39-,40-/m0/s1. The number of H-pyrrole nitrogens is 1. The highest BCUT2D eigenvalue weighted by atomic mass is 16.4. The number of nitrogens with two attached hydrogens (primary N) is 6. The maximum absolute atomic E-state index is 14.3. The molecule has 27 nitrogen and oxygen atoms in total. The molecule has 0 aliphatic heterocycles. The molecule has 2 rings (SSSR count). The van der Waals surface area contributed by atoms with Gasteiger partial charge in [0.1, 0.15) is 48.3 Å². The molecule has 0 bridgehead atoms. The van der Waals surface area contributed by atoms with Gasteiger partial charge in [-0.2, -0.15) is 0 Å². The summed E-state index contributed by atoms with van der Waals surface area (Å²) in [7, 11) is 0. The Kier molecular flexibility index (Phi) is 30.4. The van der Waals surface area contributed by atoms with Crippen LogP contribution in [-0.4, -0.2) is 162 Å². The number of nitrogens with one attached hydrogen (secondary N) is 9. The van der Waals surface area contributed by atoms with Gasteiger partial charge in [-0.3, -0.25) is 43.3 Å². The molecule has 10 atom stereocenters. The number of benzene rings is 1. The highest BCUT2D eigenvalue weighted by Gasteiger charge is 2.35. The Morgan fingerprint density at radius 3 is 1.53 bits per heavy atom. The number of unbranched alkanes of at least 4 members (excludes halogenated alkanes) is 3. The second-order valence-corrected chi connectivity index (χ2v) is 19.1. The number of carboxylic acids is 1. The van der Waals surface area contributed by atoms with Gasteiger partial charge in [-0.25, -0.2) is 4.79 Å². The molecule has 1 aromatic carbocycles. The van der Waals surface area contributed by atoms with Crippen molar-refractivity contribution in [2.45, 2.75) is 166 Å². The van der Waals surface area contributed by atoms with E-state index in [0.29, 0.717) is 68.0 Å². The van der Waals surface area contributed by atoms with Crippen molar-refractivity contribution >= 4 is 70.1 Å². The van der Waals surface area contributed by atoms with E-state index in [1.54, 1.807) is 37.4 Å². The third-order valence-corrected chi connectivity index (χ3v) is 12.8. The predicted octanol–water partition coefficient (Wildman–Crippen LogP) is -3.48. The lowest BCUT2D eigenvalue weighted by molar-refractivity contribution is -0.142. The minimum Gasteiger partial charge on any atom is -0.480 e. The molecule has 0 aliphatic carbocycles. The smallest absolute Gasteiger partial charge is 0.326 e. The first kappa shape index (κ1) is 66.2. The van der Waals surface area contributed by atoms with E-state index < -0.39 is 114 Å². The highest BCUT2D eigenvalue weighted by molar-refractivity contribution is 5.98. The number of carboxylic acid groups (broad SMARTS) is 1. The lowest BCUT2D eigenvalue weighted by Crippen LogP contribution is -2.61. The Balaban J connectivity index is 2.42. The van der Waals surface area contributed by atoms with Crippen molar-refractivity contribution in [3.05, 3.63) is 36.0 Å². The normalized spacial score (nSPS) is 15.1. The van der Waals surface area contributed by atoms with Crippen LogP contribution in [0.15, 0.2) is 35.5 Å². The number of rotatable bonds is 38. The molecule has 0 saturated heterocycles. The molecule has 77 heavy (non-hydrogen) atoms. The van der Waals surface area contributed by atoms with Gasteiger partial charge < -0.3 is 92.1 Å². The zero-order chi connectivity index (χ0) is 57.6. The number of aromatic amines is 1. The molecular weight excluding hydrogens is 1000 g/mol. The van der Waals surface area contributed by atoms with E-state index in [2.05, 4.69) is 52.5 Å². The van der Waals surface area contributed by atoms with Crippen LogP contribution >= 0.6 is 0 Å². The van der Waals surface area contributed by atoms with Crippen LogP contribution < -0.4 is 76.9 Å². The van der Waals surface area contributed by atoms with E-state index in [-0.39, 0.29) is 70.0 Å². The number of hydrogen-bond acceptors (Lipinski definition) is 15. The molecule has 2 aromatic rings. The maximum atomic E-state index is 14.3. The molecule has 8 amide bonds. The first-order chi connectivity index (χ1) is 36.6. The number of fused-ring (bicyclic) bond motifs is 1. The van der Waals surface area contributed by atoms with E-state index >= 15 is 0 Å². The van der Waals surface area contributed by atoms with Crippen molar-refractivity contribution in [3.8, 4) is 0 Å². The number of aliphatic carboxylic acids is 1. The fraction of sp³-hybridized carbons (Fsp3) is 0.640. The molecule has 1 heterocycles. The highest BCUT2D eigenvalue weighted by Crippen LogP contribution is 2.20. The van der Waals surface area contributed by atoms with Crippen molar-refractivity contribution in [2.24, 2.45) is 45.3 Å². The average Bonchev–Trinajstić information content (AvgIpc) is 3.80. The van der Waals surface area contributed by atoms with E-state index in [9.17, 15) is 53.4 Å². The number of carbonyl (C=O) groups excluding carboxylic acids is 8. The summed E-state index contributed by atoms with van der Waals surface area (Å²) in [6.07, 6.45) is 4.94. The van der Waals surface area contributed by atoms with Crippen molar-refractivity contribution in [1.82, 2.24) is 47.5 Å². The van der Waals surface area contributed by atoms with Gasteiger partial charge >= 0.3 is 5.97 Å². The first-order valence-corrected chi connectivity index (χ1v) is 26.3. The lowest BCUT2D eigenvalue weighted by Gasteiger charge is -2.28. The van der Waals surface area contributed by atoms with Gasteiger partial charge in [0.15, 0.2) is 5.96 Å². The van der Waals surface area contributed by atoms with Crippen molar-refractivity contribution in [2.75, 3.05) is 32.8 Å². The summed E-state index contributed by atoms with van der Waals surface area (Å²) in [5.74, 6) is -8.25. The monoisotopic (exact) mass is 1090 g/mol. The zero-order valence-electron chi connectivity index (χ0n) is 44.9. The molecule has 23 N–H and O–H groups in total. The van der Waals surface area contributed by atoms with Gasteiger partial charge in [0.2, 0.25) is 47.3 Å².